The molecule has 2 heterocycles. The maximum absolute atomic E-state index is 13.2. The van der Waals surface area contributed by atoms with Crippen molar-refractivity contribution in [3.8, 4) is 5.69 Å². The van der Waals surface area contributed by atoms with E-state index in [4.69, 9.17) is 11.6 Å². The monoisotopic (exact) mass is 442 g/mol. The van der Waals surface area contributed by atoms with E-state index in [1.54, 1.807) is 30.3 Å². The molecule has 0 aliphatic carbocycles. The first kappa shape index (κ1) is 20.9. The van der Waals surface area contributed by atoms with Crippen LogP contribution in [0.4, 0.5) is 0 Å². The first-order chi connectivity index (χ1) is 14.6. The Balaban J connectivity index is 1.54. The number of thioether (sulfide) groups is 1. The van der Waals surface area contributed by atoms with E-state index >= 15 is 0 Å². The number of fused-ring (bicyclic) bond motifs is 1. The van der Waals surface area contributed by atoms with Gasteiger partial charge in [0, 0.05) is 18.1 Å². The first-order valence-electron chi connectivity index (χ1n) is 10.0. The molecule has 2 aromatic carbocycles. The van der Waals surface area contributed by atoms with Crippen LogP contribution < -0.4 is 10.9 Å². The fourth-order valence-electron chi connectivity index (χ4n) is 3.59. The number of nitrogens with one attached hydrogen (secondary N) is 1. The van der Waals surface area contributed by atoms with Gasteiger partial charge < -0.3 is 10.2 Å². The molecule has 1 aromatic heterocycles. The molecule has 30 heavy (non-hydrogen) atoms. The van der Waals surface area contributed by atoms with Crippen molar-refractivity contribution in [2.24, 2.45) is 0 Å². The first-order valence-corrected chi connectivity index (χ1v) is 11.4. The number of hydrogen-bond acceptors (Lipinski definition) is 5. The molecule has 156 valence electrons. The molecular formula is C22H23ClN4O2S. The van der Waals surface area contributed by atoms with Gasteiger partial charge in [-0.3, -0.25) is 14.2 Å². The third kappa shape index (κ3) is 4.86. The van der Waals surface area contributed by atoms with E-state index in [0.29, 0.717) is 33.3 Å². The molecule has 4 rings (SSSR count). The lowest BCUT2D eigenvalue weighted by Gasteiger charge is -2.15. The second kappa shape index (κ2) is 9.64. The van der Waals surface area contributed by atoms with Gasteiger partial charge in [0.25, 0.3) is 5.56 Å². The number of nitrogens with zero attached hydrogens (tertiary/aromatic N) is 3. The van der Waals surface area contributed by atoms with Gasteiger partial charge in [0.1, 0.15) is 0 Å². The van der Waals surface area contributed by atoms with Crippen LogP contribution in [0.1, 0.15) is 12.8 Å². The highest BCUT2D eigenvalue weighted by Crippen LogP contribution is 2.22. The van der Waals surface area contributed by atoms with Gasteiger partial charge in [-0.2, -0.15) is 0 Å². The zero-order valence-corrected chi connectivity index (χ0v) is 18.1. The second-order valence-electron chi connectivity index (χ2n) is 7.22. The number of carbonyl (C=O) groups is 1. The zero-order chi connectivity index (χ0) is 20.9. The van der Waals surface area contributed by atoms with Gasteiger partial charge in [-0.15, -0.1) is 0 Å². The second-order valence-corrected chi connectivity index (χ2v) is 8.60. The molecule has 1 saturated heterocycles. The highest BCUT2D eigenvalue weighted by molar-refractivity contribution is 7.99. The number of aromatic nitrogens is 2. The summed E-state index contributed by atoms with van der Waals surface area (Å²) in [6.07, 6.45) is 2.47. The summed E-state index contributed by atoms with van der Waals surface area (Å²) in [5.74, 6) is 0.116. The average molecular weight is 443 g/mol. The lowest BCUT2D eigenvalue weighted by Crippen LogP contribution is -2.34. The summed E-state index contributed by atoms with van der Waals surface area (Å²) >= 11 is 7.40. The molecule has 8 heteroatoms. The van der Waals surface area contributed by atoms with Crippen LogP contribution in [0.25, 0.3) is 16.6 Å². The quantitative estimate of drug-likeness (QED) is 0.449. The Kier molecular flexibility index (Phi) is 6.72. The highest BCUT2D eigenvalue weighted by Gasteiger charge is 2.15. The molecular weight excluding hydrogens is 420 g/mol. The molecule has 0 bridgehead atoms. The number of hydrogen-bond donors (Lipinski definition) is 1. The van der Waals surface area contributed by atoms with Gasteiger partial charge in [-0.25, -0.2) is 4.98 Å². The Morgan fingerprint density at radius 3 is 2.73 bits per heavy atom. The van der Waals surface area contributed by atoms with E-state index < -0.39 is 0 Å². The third-order valence-electron chi connectivity index (χ3n) is 5.09. The summed E-state index contributed by atoms with van der Waals surface area (Å²) in [5, 5.41) is 4.49. The molecule has 1 amide bonds. The van der Waals surface area contributed by atoms with Crippen molar-refractivity contribution >= 4 is 40.2 Å². The molecule has 1 N–H and O–H groups in total. The van der Waals surface area contributed by atoms with E-state index in [1.807, 2.05) is 18.2 Å². The summed E-state index contributed by atoms with van der Waals surface area (Å²) in [7, 11) is 0. The van der Waals surface area contributed by atoms with E-state index in [1.165, 1.54) is 29.2 Å². The smallest absolute Gasteiger partial charge is 0.266 e. The maximum Gasteiger partial charge on any atom is 0.266 e. The number of halogens is 1. The SMILES string of the molecule is O=C(CSc1nc2ccccc2c(=O)n1-c1cccc(Cl)c1)NCCN1CCCC1. The van der Waals surface area contributed by atoms with Crippen molar-refractivity contribution in [1.82, 2.24) is 19.8 Å². The van der Waals surface area contributed by atoms with E-state index in [-0.39, 0.29) is 17.2 Å². The number of benzene rings is 2. The van der Waals surface area contributed by atoms with Gasteiger partial charge in [0.2, 0.25) is 5.91 Å². The standard InChI is InChI=1S/C22H23ClN4O2S/c23-16-6-5-7-17(14-16)27-21(29)18-8-1-2-9-19(18)25-22(27)30-15-20(28)24-10-13-26-11-3-4-12-26/h1-2,5-9,14H,3-4,10-13,15H2,(H,24,28). The topological polar surface area (TPSA) is 67.2 Å². The Morgan fingerprint density at radius 2 is 1.93 bits per heavy atom. The van der Waals surface area contributed by atoms with Crippen molar-refractivity contribution < 1.29 is 4.79 Å². The highest BCUT2D eigenvalue weighted by atomic mass is 35.5. The van der Waals surface area contributed by atoms with E-state index in [2.05, 4.69) is 15.2 Å². The van der Waals surface area contributed by atoms with Crippen LogP contribution in [0.3, 0.4) is 0 Å². The van der Waals surface area contributed by atoms with Crippen LogP contribution in [-0.2, 0) is 4.79 Å². The predicted octanol–water partition coefficient (Wildman–Crippen LogP) is 3.34. The minimum atomic E-state index is -0.181. The molecule has 0 saturated carbocycles. The molecule has 0 spiro atoms. The van der Waals surface area contributed by atoms with Crippen LogP contribution in [0.2, 0.25) is 5.02 Å². The molecule has 1 aliphatic rings. The zero-order valence-electron chi connectivity index (χ0n) is 16.5. The van der Waals surface area contributed by atoms with Crippen LogP contribution in [-0.4, -0.2) is 52.3 Å². The molecule has 1 aliphatic heterocycles. The Morgan fingerprint density at radius 1 is 1.13 bits per heavy atom. The van der Waals surface area contributed by atoms with Crippen LogP contribution in [0, 0.1) is 0 Å². The van der Waals surface area contributed by atoms with Gasteiger partial charge in [-0.05, 0) is 56.3 Å². The summed E-state index contributed by atoms with van der Waals surface area (Å²) in [6, 6.07) is 14.3. The maximum atomic E-state index is 13.2. The Bertz CT molecular complexity index is 1110. The van der Waals surface area contributed by atoms with Crippen molar-refractivity contribution in [1.29, 1.82) is 0 Å². The normalized spacial score (nSPS) is 14.3. The predicted molar refractivity (Wildman–Crippen MR) is 122 cm³/mol. The molecule has 3 aromatic rings. The van der Waals surface area contributed by atoms with Crippen LogP contribution in [0.15, 0.2) is 58.5 Å². The average Bonchev–Trinajstić information content (AvgIpc) is 3.26. The Hall–Kier alpha value is -2.35. The molecule has 0 radical (unpaired) electrons. The van der Waals surface area contributed by atoms with Crippen molar-refractivity contribution in [2.45, 2.75) is 18.0 Å². The summed E-state index contributed by atoms with van der Waals surface area (Å²) in [6.45, 7) is 3.72. The summed E-state index contributed by atoms with van der Waals surface area (Å²) in [5.41, 5.74) is 1.06. The number of para-hydroxylation sites is 1. The van der Waals surface area contributed by atoms with Crippen LogP contribution in [0.5, 0.6) is 0 Å². The lowest BCUT2D eigenvalue weighted by atomic mass is 10.2. The minimum Gasteiger partial charge on any atom is -0.354 e. The fourth-order valence-corrected chi connectivity index (χ4v) is 4.62. The van der Waals surface area contributed by atoms with Crippen molar-refractivity contribution in [3.63, 3.8) is 0 Å². The van der Waals surface area contributed by atoms with Crippen molar-refractivity contribution in [2.75, 3.05) is 31.9 Å². The summed E-state index contributed by atoms with van der Waals surface area (Å²) < 4.78 is 1.52. The lowest BCUT2D eigenvalue weighted by molar-refractivity contribution is -0.118. The number of likely N-dealkylation sites (tertiary alicyclic amines) is 1. The summed E-state index contributed by atoms with van der Waals surface area (Å²) in [4.78, 5) is 32.5. The fraction of sp³-hybridized carbons (Fsp3) is 0.318. The van der Waals surface area contributed by atoms with Gasteiger partial charge in [0.05, 0.1) is 22.3 Å². The largest absolute Gasteiger partial charge is 0.354 e. The van der Waals surface area contributed by atoms with Crippen LogP contribution >= 0.6 is 23.4 Å². The molecule has 6 nitrogen and oxygen atoms in total. The number of amides is 1. The molecule has 0 unspecified atom stereocenters. The van der Waals surface area contributed by atoms with Gasteiger partial charge in [0.15, 0.2) is 5.16 Å². The van der Waals surface area contributed by atoms with E-state index in [0.717, 1.165) is 19.6 Å². The molecule has 1 fully saturated rings. The Labute approximate surface area is 184 Å². The molecule has 0 atom stereocenters. The number of carbonyl (C=O) groups excluding carboxylic acids is 1. The third-order valence-corrected chi connectivity index (χ3v) is 6.27. The van der Waals surface area contributed by atoms with Gasteiger partial charge in [-0.1, -0.05) is 41.6 Å². The minimum absolute atomic E-state index is 0.0701. The van der Waals surface area contributed by atoms with Gasteiger partial charge >= 0.3 is 0 Å². The number of rotatable bonds is 7. The van der Waals surface area contributed by atoms with E-state index in [9.17, 15) is 9.59 Å². The van der Waals surface area contributed by atoms with Crippen molar-refractivity contribution in [3.05, 3.63) is 63.9 Å².